The molecule has 0 rings (SSSR count). The van der Waals surface area contributed by atoms with Gasteiger partial charge >= 0.3 is 0 Å². The Hall–Kier alpha value is -1.58. The van der Waals surface area contributed by atoms with Gasteiger partial charge < -0.3 is 9.80 Å². The summed E-state index contributed by atoms with van der Waals surface area (Å²) in [6.45, 7) is 17.1. The van der Waals surface area contributed by atoms with Crippen LogP contribution in [0.4, 0.5) is 0 Å². The van der Waals surface area contributed by atoms with E-state index in [1.54, 1.807) is 6.92 Å². The Bertz CT molecular complexity index is 510. The second kappa shape index (κ2) is 17.3. The summed E-state index contributed by atoms with van der Waals surface area (Å²) in [5, 5.41) is 0. The van der Waals surface area contributed by atoms with Crippen LogP contribution in [0.2, 0.25) is 0 Å². The third kappa shape index (κ3) is 13.3. The molecule has 0 aromatic heterocycles. The first-order valence-corrected chi connectivity index (χ1v) is 11.8. The molecule has 0 aromatic rings. The summed E-state index contributed by atoms with van der Waals surface area (Å²) in [5.74, 6) is 1.22. The molecule has 2 unspecified atom stereocenters. The lowest BCUT2D eigenvalue weighted by atomic mass is 9.97. The van der Waals surface area contributed by atoms with Crippen LogP contribution < -0.4 is 0 Å². The number of allylic oxidation sites excluding steroid dienone is 1. The summed E-state index contributed by atoms with van der Waals surface area (Å²) in [5.41, 5.74) is 1.17. The number of unbranched alkanes of at least 4 members (excludes halogenated alkanes) is 3. The van der Waals surface area contributed by atoms with Gasteiger partial charge in [-0.2, -0.15) is 0 Å². The lowest BCUT2D eigenvalue weighted by Crippen LogP contribution is -2.30. The highest BCUT2D eigenvalue weighted by Crippen LogP contribution is 2.17. The largest absolute Gasteiger partial charge is 0.351 e. The number of nitrogens with zero attached hydrogens (tertiary/aromatic N) is 3. The minimum atomic E-state index is 0.115. The average molecular weight is 406 g/mol. The lowest BCUT2D eigenvalue weighted by molar-refractivity contribution is -0.126. The van der Waals surface area contributed by atoms with Crippen molar-refractivity contribution in [3.63, 3.8) is 0 Å². The second-order valence-electron chi connectivity index (χ2n) is 8.12. The fraction of sp³-hybridized carbons (Fsp3) is 0.760. The third-order valence-electron chi connectivity index (χ3n) is 5.62. The van der Waals surface area contributed by atoms with Crippen molar-refractivity contribution in [2.24, 2.45) is 16.8 Å². The molecule has 0 fully saturated rings. The zero-order valence-electron chi connectivity index (χ0n) is 20.3. The monoisotopic (exact) mass is 405 g/mol. The molecular formula is C25H47N3O. The fourth-order valence-electron chi connectivity index (χ4n) is 3.14. The zero-order valence-corrected chi connectivity index (χ0v) is 20.3. The standard InChI is InChI=1S/C25H47N3O/c1-8-12-13-14-15-25(10-3)21-28(24(7)29)19-18-27(11-4)23(6)16-17-26-20-22(5)9-2/h16,18-20,22,25H,8-15,17,21H2,1-7H3/b19-18-,23-16-,26-20+. The SMILES string of the molecule is CCCCCCC(CC)CN(/C=C\N(CC)/C(C)=C\C/N=C/C(C)CC)C(C)=O. The maximum atomic E-state index is 12.2. The third-order valence-corrected chi connectivity index (χ3v) is 5.62. The maximum absolute atomic E-state index is 12.2. The van der Waals surface area contributed by atoms with E-state index in [-0.39, 0.29) is 5.91 Å². The Labute approximate surface area is 181 Å². The van der Waals surface area contributed by atoms with Gasteiger partial charge in [-0.15, -0.1) is 0 Å². The van der Waals surface area contributed by atoms with Crippen LogP contribution in [-0.4, -0.2) is 41.6 Å². The van der Waals surface area contributed by atoms with Gasteiger partial charge in [0.15, 0.2) is 0 Å². The number of amides is 1. The number of aliphatic imine (C=N–C) groups is 1. The topological polar surface area (TPSA) is 35.9 Å². The predicted molar refractivity (Wildman–Crippen MR) is 128 cm³/mol. The Morgan fingerprint density at radius 2 is 1.66 bits per heavy atom. The van der Waals surface area contributed by atoms with Gasteiger partial charge in [0.25, 0.3) is 0 Å². The van der Waals surface area contributed by atoms with E-state index in [0.717, 1.165) is 25.9 Å². The lowest BCUT2D eigenvalue weighted by Gasteiger charge is -2.25. The van der Waals surface area contributed by atoms with Gasteiger partial charge in [0.1, 0.15) is 0 Å². The number of rotatable bonds is 16. The molecule has 0 aromatic carbocycles. The van der Waals surface area contributed by atoms with Crippen molar-refractivity contribution in [2.75, 3.05) is 19.6 Å². The minimum absolute atomic E-state index is 0.115. The Morgan fingerprint density at radius 1 is 0.966 bits per heavy atom. The van der Waals surface area contributed by atoms with Crippen molar-refractivity contribution in [3.8, 4) is 0 Å². The van der Waals surface area contributed by atoms with Crippen LogP contribution in [-0.2, 0) is 4.79 Å². The quantitative estimate of drug-likeness (QED) is 0.213. The molecule has 2 atom stereocenters. The molecule has 0 radical (unpaired) electrons. The maximum Gasteiger partial charge on any atom is 0.223 e. The highest BCUT2D eigenvalue weighted by atomic mass is 16.2. The summed E-state index contributed by atoms with van der Waals surface area (Å²) in [6.07, 6.45) is 16.8. The summed E-state index contributed by atoms with van der Waals surface area (Å²) in [6, 6.07) is 0. The molecule has 4 heteroatoms. The van der Waals surface area contributed by atoms with Crippen LogP contribution in [0.15, 0.2) is 29.2 Å². The van der Waals surface area contributed by atoms with Crippen LogP contribution in [0, 0.1) is 11.8 Å². The first kappa shape index (κ1) is 27.4. The predicted octanol–water partition coefficient (Wildman–Crippen LogP) is 6.65. The number of carbonyl (C=O) groups is 1. The van der Waals surface area contributed by atoms with Gasteiger partial charge in [-0.3, -0.25) is 9.79 Å². The molecular weight excluding hydrogens is 358 g/mol. The molecule has 0 aliphatic carbocycles. The van der Waals surface area contributed by atoms with Crippen LogP contribution >= 0.6 is 0 Å². The van der Waals surface area contributed by atoms with Crippen molar-refractivity contribution in [1.82, 2.24) is 9.80 Å². The van der Waals surface area contributed by atoms with Crippen LogP contribution in [0.25, 0.3) is 0 Å². The Morgan fingerprint density at radius 3 is 2.21 bits per heavy atom. The van der Waals surface area contributed by atoms with Crippen molar-refractivity contribution in [2.45, 2.75) is 93.4 Å². The fourth-order valence-corrected chi connectivity index (χ4v) is 3.14. The van der Waals surface area contributed by atoms with E-state index in [1.807, 2.05) is 23.5 Å². The van der Waals surface area contributed by atoms with E-state index in [2.05, 4.69) is 57.5 Å². The molecule has 0 N–H and O–H groups in total. The van der Waals surface area contributed by atoms with Crippen molar-refractivity contribution >= 4 is 12.1 Å². The highest BCUT2D eigenvalue weighted by molar-refractivity contribution is 5.74. The van der Waals surface area contributed by atoms with Crippen LogP contribution in [0.1, 0.15) is 93.4 Å². The second-order valence-corrected chi connectivity index (χ2v) is 8.12. The van der Waals surface area contributed by atoms with Gasteiger partial charge in [-0.1, -0.05) is 59.8 Å². The smallest absolute Gasteiger partial charge is 0.223 e. The van der Waals surface area contributed by atoms with E-state index < -0.39 is 0 Å². The van der Waals surface area contributed by atoms with E-state index in [0.29, 0.717) is 18.4 Å². The molecule has 1 amide bonds. The summed E-state index contributed by atoms with van der Waals surface area (Å²) < 4.78 is 0. The Balaban J connectivity index is 4.86. The molecule has 29 heavy (non-hydrogen) atoms. The van der Waals surface area contributed by atoms with E-state index >= 15 is 0 Å². The molecule has 0 aliphatic heterocycles. The van der Waals surface area contributed by atoms with Gasteiger partial charge in [0, 0.05) is 44.3 Å². The molecule has 0 heterocycles. The normalized spacial score (nSPS) is 14.5. The van der Waals surface area contributed by atoms with E-state index in [4.69, 9.17) is 0 Å². The molecule has 0 bridgehead atoms. The summed E-state index contributed by atoms with van der Waals surface area (Å²) in [4.78, 5) is 20.7. The molecule has 0 spiro atoms. The van der Waals surface area contributed by atoms with Crippen molar-refractivity contribution in [3.05, 3.63) is 24.2 Å². The minimum Gasteiger partial charge on any atom is -0.351 e. The number of carbonyl (C=O) groups excluding carboxylic acids is 1. The molecule has 0 saturated heterocycles. The first-order valence-electron chi connectivity index (χ1n) is 11.8. The van der Waals surface area contributed by atoms with Gasteiger partial charge in [0.05, 0.1) is 6.54 Å². The first-order chi connectivity index (χ1) is 13.9. The molecule has 0 aliphatic rings. The zero-order chi connectivity index (χ0) is 22.1. The average Bonchev–Trinajstić information content (AvgIpc) is 2.71. The highest BCUT2D eigenvalue weighted by Gasteiger charge is 2.13. The molecule has 4 nitrogen and oxygen atoms in total. The summed E-state index contributed by atoms with van der Waals surface area (Å²) in [7, 11) is 0. The van der Waals surface area contributed by atoms with Crippen molar-refractivity contribution < 1.29 is 4.79 Å². The van der Waals surface area contributed by atoms with Gasteiger partial charge in [-0.25, -0.2) is 0 Å². The van der Waals surface area contributed by atoms with Gasteiger partial charge in [0.2, 0.25) is 5.91 Å². The van der Waals surface area contributed by atoms with Crippen LogP contribution in [0.5, 0.6) is 0 Å². The number of hydrogen-bond acceptors (Lipinski definition) is 3. The van der Waals surface area contributed by atoms with E-state index in [9.17, 15) is 4.79 Å². The van der Waals surface area contributed by atoms with E-state index in [1.165, 1.54) is 37.8 Å². The Kier molecular flexibility index (Phi) is 16.4. The number of hydrogen-bond donors (Lipinski definition) is 0. The van der Waals surface area contributed by atoms with Gasteiger partial charge in [-0.05, 0) is 44.6 Å². The molecule has 168 valence electrons. The molecule has 0 saturated carbocycles. The van der Waals surface area contributed by atoms with Crippen LogP contribution in [0.3, 0.4) is 0 Å². The van der Waals surface area contributed by atoms with Crippen molar-refractivity contribution in [1.29, 1.82) is 0 Å². The summed E-state index contributed by atoms with van der Waals surface area (Å²) >= 11 is 0.